The number of aromatic nitrogens is 3. The number of aryl methyl sites for hydroxylation is 2. The lowest BCUT2D eigenvalue weighted by Crippen LogP contribution is -2.24. The average Bonchev–Trinajstić information content (AvgIpc) is 3.01. The van der Waals surface area contributed by atoms with Crippen LogP contribution >= 0.6 is 0 Å². The summed E-state index contributed by atoms with van der Waals surface area (Å²) in [6, 6.07) is 6.49. The summed E-state index contributed by atoms with van der Waals surface area (Å²) in [5.74, 6) is 2.59. The van der Waals surface area contributed by atoms with Gasteiger partial charge in [-0.15, -0.1) is 5.10 Å². The number of hydrogen-bond acceptors (Lipinski definition) is 4. The topological polar surface area (TPSA) is 46.3 Å². The van der Waals surface area contributed by atoms with E-state index in [1.165, 1.54) is 17.7 Å². The molecule has 23 heavy (non-hydrogen) atoms. The maximum Gasteiger partial charge on any atom is 0.161 e. The quantitative estimate of drug-likeness (QED) is 0.811. The van der Waals surface area contributed by atoms with Crippen LogP contribution in [-0.2, 0) is 6.42 Å². The van der Waals surface area contributed by atoms with E-state index in [0.29, 0.717) is 0 Å². The zero-order valence-corrected chi connectivity index (χ0v) is 14.1. The van der Waals surface area contributed by atoms with E-state index in [0.717, 1.165) is 47.3 Å². The van der Waals surface area contributed by atoms with Gasteiger partial charge in [-0.2, -0.15) is 4.68 Å². The molecule has 5 nitrogen and oxygen atoms in total. The van der Waals surface area contributed by atoms with E-state index in [4.69, 9.17) is 4.99 Å². The average molecular weight is 307 g/mol. The van der Waals surface area contributed by atoms with Gasteiger partial charge in [-0.3, -0.25) is 0 Å². The molecule has 118 valence electrons. The van der Waals surface area contributed by atoms with E-state index >= 15 is 0 Å². The van der Waals surface area contributed by atoms with Crippen molar-refractivity contribution in [3.05, 3.63) is 41.0 Å². The molecule has 0 bridgehead atoms. The van der Waals surface area contributed by atoms with Crippen LogP contribution in [0.15, 0.2) is 28.8 Å². The van der Waals surface area contributed by atoms with Crippen LogP contribution in [0.5, 0.6) is 0 Å². The largest absolute Gasteiger partial charge is 0.374 e. The highest BCUT2D eigenvalue weighted by atomic mass is 15.4. The van der Waals surface area contributed by atoms with Gasteiger partial charge < -0.3 is 4.90 Å². The van der Waals surface area contributed by atoms with Crippen molar-refractivity contribution < 1.29 is 0 Å². The highest BCUT2D eigenvalue weighted by molar-refractivity contribution is 6.10. The third kappa shape index (κ3) is 2.19. The fourth-order valence-electron chi connectivity index (χ4n) is 3.39. The van der Waals surface area contributed by atoms with Crippen LogP contribution in [0.4, 0.5) is 11.4 Å². The van der Waals surface area contributed by atoms with Crippen molar-refractivity contribution in [2.24, 2.45) is 4.99 Å². The fraction of sp³-hybridized carbons (Fsp3) is 0.389. The molecule has 2 aliphatic rings. The summed E-state index contributed by atoms with van der Waals surface area (Å²) in [5.41, 5.74) is 6.00. The Bertz CT molecular complexity index is 856. The summed E-state index contributed by atoms with van der Waals surface area (Å²) in [4.78, 5) is 11.7. The van der Waals surface area contributed by atoms with Crippen LogP contribution in [-0.4, -0.2) is 34.2 Å². The van der Waals surface area contributed by atoms with Crippen molar-refractivity contribution in [2.45, 2.75) is 33.6 Å². The Hall–Kier alpha value is -2.43. The molecule has 5 heteroatoms. The van der Waals surface area contributed by atoms with Crippen molar-refractivity contribution in [1.29, 1.82) is 0 Å². The Morgan fingerprint density at radius 2 is 1.96 bits per heavy atom. The first kappa shape index (κ1) is 14.2. The molecule has 0 amide bonds. The van der Waals surface area contributed by atoms with Crippen LogP contribution in [0.1, 0.15) is 37.5 Å². The van der Waals surface area contributed by atoms with E-state index < -0.39 is 0 Å². The van der Waals surface area contributed by atoms with E-state index in [9.17, 15) is 0 Å². The SMILES string of the molecule is CC1=C(C)c2nc(C)nn2C1=Nc1ccc2c(c1)CCCN2C. The Morgan fingerprint density at radius 3 is 2.78 bits per heavy atom. The van der Waals surface area contributed by atoms with Crippen LogP contribution in [0.25, 0.3) is 5.57 Å². The van der Waals surface area contributed by atoms with Crippen LogP contribution < -0.4 is 4.90 Å². The van der Waals surface area contributed by atoms with Gasteiger partial charge in [0.2, 0.25) is 0 Å². The molecule has 4 rings (SSSR count). The molecular formula is C18H21N5. The van der Waals surface area contributed by atoms with Crippen LogP contribution in [0.3, 0.4) is 0 Å². The number of allylic oxidation sites excluding steroid dienone is 2. The summed E-state index contributed by atoms with van der Waals surface area (Å²) in [7, 11) is 2.15. The second-order valence-corrected chi connectivity index (χ2v) is 6.42. The summed E-state index contributed by atoms with van der Waals surface area (Å²) < 4.78 is 1.87. The number of hydrogen-bond donors (Lipinski definition) is 0. The zero-order chi connectivity index (χ0) is 16.1. The minimum Gasteiger partial charge on any atom is -0.374 e. The molecule has 0 N–H and O–H groups in total. The molecule has 0 atom stereocenters. The Kier molecular flexibility index (Phi) is 3.11. The van der Waals surface area contributed by atoms with E-state index in [1.807, 2.05) is 11.6 Å². The van der Waals surface area contributed by atoms with E-state index in [2.05, 4.69) is 54.1 Å². The Labute approximate surface area is 136 Å². The van der Waals surface area contributed by atoms with E-state index in [-0.39, 0.29) is 0 Å². The molecule has 0 aliphatic carbocycles. The lowest BCUT2D eigenvalue weighted by Gasteiger charge is -2.27. The highest BCUT2D eigenvalue weighted by Crippen LogP contribution is 2.32. The maximum atomic E-state index is 4.88. The first-order chi connectivity index (χ1) is 11.0. The fourth-order valence-corrected chi connectivity index (χ4v) is 3.39. The predicted octanol–water partition coefficient (Wildman–Crippen LogP) is 3.35. The summed E-state index contributed by atoms with van der Waals surface area (Å²) in [6.07, 6.45) is 2.33. The van der Waals surface area contributed by atoms with Gasteiger partial charge in [0, 0.05) is 30.4 Å². The maximum absolute atomic E-state index is 4.88. The minimum atomic E-state index is 0.784. The highest BCUT2D eigenvalue weighted by Gasteiger charge is 2.25. The van der Waals surface area contributed by atoms with Gasteiger partial charge in [-0.05, 0) is 57.4 Å². The van der Waals surface area contributed by atoms with Crippen LogP contribution in [0.2, 0.25) is 0 Å². The van der Waals surface area contributed by atoms with Gasteiger partial charge in [0.05, 0.1) is 5.69 Å². The van der Waals surface area contributed by atoms with Gasteiger partial charge >= 0.3 is 0 Å². The molecular weight excluding hydrogens is 286 g/mol. The molecule has 2 aliphatic heterocycles. The van der Waals surface area contributed by atoms with Gasteiger partial charge in [0.25, 0.3) is 0 Å². The molecule has 1 aromatic heterocycles. The normalized spacial score (nSPS) is 18.6. The molecule has 0 radical (unpaired) electrons. The molecule has 3 heterocycles. The zero-order valence-electron chi connectivity index (χ0n) is 14.1. The molecule has 0 fully saturated rings. The lowest BCUT2D eigenvalue weighted by atomic mass is 10.0. The predicted molar refractivity (Wildman–Crippen MR) is 93.6 cm³/mol. The first-order valence-electron chi connectivity index (χ1n) is 8.09. The number of anilines is 1. The molecule has 0 spiro atoms. The summed E-state index contributed by atoms with van der Waals surface area (Å²) in [5, 5.41) is 4.49. The number of aliphatic imine (C=N–C) groups is 1. The second kappa shape index (κ2) is 5.05. The molecule has 2 aromatic rings. The number of nitrogens with zero attached hydrogens (tertiary/aromatic N) is 5. The Morgan fingerprint density at radius 1 is 1.13 bits per heavy atom. The standard InChI is InChI=1S/C18H21N5/c1-11-12(2)18(23-17(11)19-13(3)21-23)20-15-7-8-16-14(10-15)6-5-9-22(16)4/h7-8,10H,5-6,9H2,1-4H3. The molecule has 0 saturated heterocycles. The van der Waals surface area contributed by atoms with Crippen LogP contribution in [0, 0.1) is 6.92 Å². The third-order valence-corrected chi connectivity index (χ3v) is 4.80. The third-order valence-electron chi connectivity index (χ3n) is 4.80. The summed E-state index contributed by atoms with van der Waals surface area (Å²) in [6.45, 7) is 7.22. The first-order valence-corrected chi connectivity index (χ1v) is 8.09. The van der Waals surface area contributed by atoms with Gasteiger partial charge in [0.1, 0.15) is 5.82 Å². The molecule has 1 aromatic carbocycles. The smallest absolute Gasteiger partial charge is 0.161 e. The molecule has 0 unspecified atom stereocenters. The monoisotopic (exact) mass is 307 g/mol. The van der Waals surface area contributed by atoms with Crippen molar-refractivity contribution >= 4 is 22.8 Å². The van der Waals surface area contributed by atoms with Gasteiger partial charge in [-0.25, -0.2) is 9.98 Å². The number of benzene rings is 1. The lowest BCUT2D eigenvalue weighted by molar-refractivity contribution is 0.744. The van der Waals surface area contributed by atoms with Crippen molar-refractivity contribution in [3.63, 3.8) is 0 Å². The van der Waals surface area contributed by atoms with E-state index in [1.54, 1.807) is 0 Å². The number of fused-ring (bicyclic) bond motifs is 2. The number of rotatable bonds is 1. The van der Waals surface area contributed by atoms with Crippen molar-refractivity contribution in [3.8, 4) is 0 Å². The van der Waals surface area contributed by atoms with Gasteiger partial charge in [-0.1, -0.05) is 0 Å². The minimum absolute atomic E-state index is 0.784. The van der Waals surface area contributed by atoms with Crippen molar-refractivity contribution in [2.75, 3.05) is 18.5 Å². The van der Waals surface area contributed by atoms with Crippen molar-refractivity contribution in [1.82, 2.24) is 14.8 Å². The second-order valence-electron chi connectivity index (χ2n) is 6.42. The summed E-state index contributed by atoms with van der Waals surface area (Å²) >= 11 is 0. The molecule has 0 saturated carbocycles. The van der Waals surface area contributed by atoms with Gasteiger partial charge in [0.15, 0.2) is 11.7 Å². The Balaban J connectivity index is 1.79.